The summed E-state index contributed by atoms with van der Waals surface area (Å²) in [6.07, 6.45) is 2.81. The minimum atomic E-state index is -0.453. The van der Waals surface area contributed by atoms with Gasteiger partial charge in [0.1, 0.15) is 0 Å². The number of nitrogens with one attached hydrogen (secondary N) is 1. The number of benzene rings is 2. The number of anilines is 1. The van der Waals surface area contributed by atoms with E-state index in [0.717, 1.165) is 30.4 Å². The predicted molar refractivity (Wildman–Crippen MR) is 114 cm³/mol. The Morgan fingerprint density at radius 2 is 1.57 bits per heavy atom. The first-order valence-electron chi connectivity index (χ1n) is 10.6. The number of carbonyl (C=O) groups is 3. The van der Waals surface area contributed by atoms with Gasteiger partial charge in [0.05, 0.1) is 5.92 Å². The van der Waals surface area contributed by atoms with Gasteiger partial charge in [-0.25, -0.2) is 0 Å². The minimum Gasteiger partial charge on any atom is -0.455 e. The van der Waals surface area contributed by atoms with Crippen molar-refractivity contribution in [3.63, 3.8) is 0 Å². The van der Waals surface area contributed by atoms with Crippen molar-refractivity contribution in [2.75, 3.05) is 11.9 Å². The topological polar surface area (TPSA) is 72.5 Å². The number of aryl methyl sites for hydroxylation is 2. The maximum Gasteiger partial charge on any atom is 0.310 e. The van der Waals surface area contributed by atoms with Gasteiger partial charge in [-0.15, -0.1) is 0 Å². The standard InChI is InChI=1S/C25H27NO4/c1-15-10-16(2)12-20(11-15)26-21(27)14-30-25(29)23-19-9-8-18(13-19)22(23)24(28)17-6-4-3-5-7-17/h3-7,10-12,18-19,22-23H,8-9,13-14H2,1-2H3,(H,26,27)/t18-,19-,22+,23+/m1/s1. The molecule has 0 aliphatic heterocycles. The molecule has 0 saturated heterocycles. The second-order valence-electron chi connectivity index (χ2n) is 8.65. The van der Waals surface area contributed by atoms with Crippen molar-refractivity contribution in [1.82, 2.24) is 0 Å². The minimum absolute atomic E-state index is 0.0180. The highest BCUT2D eigenvalue weighted by Crippen LogP contribution is 2.53. The first-order chi connectivity index (χ1) is 14.4. The van der Waals surface area contributed by atoms with Gasteiger partial charge < -0.3 is 10.1 Å². The maximum atomic E-state index is 13.1. The average Bonchev–Trinajstić information content (AvgIpc) is 3.33. The number of ketones is 1. The number of rotatable bonds is 6. The van der Waals surface area contributed by atoms with E-state index in [1.165, 1.54) is 0 Å². The molecule has 2 fully saturated rings. The third-order valence-electron chi connectivity index (χ3n) is 6.40. The Kier molecular flexibility index (Phi) is 5.71. The van der Waals surface area contributed by atoms with Crippen LogP contribution >= 0.6 is 0 Å². The molecule has 1 N–H and O–H groups in total. The molecule has 30 heavy (non-hydrogen) atoms. The van der Waals surface area contributed by atoms with Crippen LogP contribution in [0.2, 0.25) is 0 Å². The number of hydrogen-bond acceptors (Lipinski definition) is 4. The summed E-state index contributed by atoms with van der Waals surface area (Å²) in [5.74, 6) is -1.18. The highest BCUT2D eigenvalue weighted by Gasteiger charge is 2.54. The summed E-state index contributed by atoms with van der Waals surface area (Å²) >= 11 is 0. The lowest BCUT2D eigenvalue weighted by molar-refractivity contribution is -0.154. The molecule has 5 heteroatoms. The zero-order valence-electron chi connectivity index (χ0n) is 17.4. The van der Waals surface area contributed by atoms with E-state index in [1.54, 1.807) is 12.1 Å². The van der Waals surface area contributed by atoms with E-state index < -0.39 is 11.9 Å². The summed E-state index contributed by atoms with van der Waals surface area (Å²) < 4.78 is 5.39. The van der Waals surface area contributed by atoms with Crippen LogP contribution in [0.5, 0.6) is 0 Å². The smallest absolute Gasteiger partial charge is 0.310 e. The van der Waals surface area contributed by atoms with Crippen molar-refractivity contribution in [3.05, 3.63) is 65.2 Å². The summed E-state index contributed by atoms with van der Waals surface area (Å²) in [5, 5.41) is 2.78. The molecule has 156 valence electrons. The zero-order chi connectivity index (χ0) is 21.3. The quantitative estimate of drug-likeness (QED) is 0.573. The average molecular weight is 405 g/mol. The van der Waals surface area contributed by atoms with Crippen LogP contribution in [0.3, 0.4) is 0 Å². The fourth-order valence-electron chi connectivity index (χ4n) is 5.28. The van der Waals surface area contributed by atoms with Gasteiger partial charge >= 0.3 is 5.97 Å². The molecule has 1 amide bonds. The Labute approximate surface area is 176 Å². The molecule has 0 spiro atoms. The Balaban J connectivity index is 1.40. The summed E-state index contributed by atoms with van der Waals surface area (Å²) in [7, 11) is 0. The van der Waals surface area contributed by atoms with Crippen LogP contribution in [0.4, 0.5) is 5.69 Å². The Bertz CT molecular complexity index is 948. The predicted octanol–water partition coefficient (Wildman–Crippen LogP) is 4.33. The molecule has 2 saturated carbocycles. The van der Waals surface area contributed by atoms with E-state index >= 15 is 0 Å². The van der Waals surface area contributed by atoms with E-state index in [4.69, 9.17) is 4.74 Å². The summed E-state index contributed by atoms with van der Waals surface area (Å²) in [4.78, 5) is 38.3. The SMILES string of the molecule is Cc1cc(C)cc(NC(=O)COC(=O)[C@H]2[C@@H]3CC[C@H](C3)[C@@H]2C(=O)c2ccccc2)c1. The number of esters is 1. The number of amides is 1. The van der Waals surface area contributed by atoms with Gasteiger partial charge in [-0.2, -0.15) is 0 Å². The Morgan fingerprint density at radius 3 is 2.23 bits per heavy atom. The Morgan fingerprint density at radius 1 is 0.933 bits per heavy atom. The van der Waals surface area contributed by atoms with E-state index in [-0.39, 0.29) is 36.1 Å². The molecule has 0 unspecified atom stereocenters. The van der Waals surface area contributed by atoms with Crippen LogP contribution < -0.4 is 5.32 Å². The van der Waals surface area contributed by atoms with E-state index in [0.29, 0.717) is 11.3 Å². The van der Waals surface area contributed by atoms with Crippen LogP contribution in [-0.4, -0.2) is 24.3 Å². The van der Waals surface area contributed by atoms with Gasteiger partial charge in [0.2, 0.25) is 0 Å². The second-order valence-corrected chi connectivity index (χ2v) is 8.65. The van der Waals surface area contributed by atoms with Crippen LogP contribution in [-0.2, 0) is 14.3 Å². The van der Waals surface area contributed by atoms with Gasteiger partial charge in [0.15, 0.2) is 12.4 Å². The molecule has 2 aromatic rings. The van der Waals surface area contributed by atoms with E-state index in [2.05, 4.69) is 5.32 Å². The van der Waals surface area contributed by atoms with Crippen molar-refractivity contribution >= 4 is 23.3 Å². The highest BCUT2D eigenvalue weighted by molar-refractivity contribution is 6.01. The Hall–Kier alpha value is -2.95. The fraction of sp³-hybridized carbons (Fsp3) is 0.400. The fourth-order valence-corrected chi connectivity index (χ4v) is 5.28. The maximum absolute atomic E-state index is 13.1. The molecule has 0 heterocycles. The molecule has 0 radical (unpaired) electrons. The second kappa shape index (κ2) is 8.42. The monoisotopic (exact) mass is 405 g/mol. The zero-order valence-corrected chi connectivity index (χ0v) is 17.4. The molecular weight excluding hydrogens is 378 g/mol. The third-order valence-corrected chi connectivity index (χ3v) is 6.40. The first kappa shape index (κ1) is 20.3. The molecular formula is C25H27NO4. The van der Waals surface area contributed by atoms with E-state index in [1.807, 2.05) is 50.2 Å². The lowest BCUT2D eigenvalue weighted by Crippen LogP contribution is -2.37. The van der Waals surface area contributed by atoms with Crippen molar-refractivity contribution in [2.24, 2.45) is 23.7 Å². The van der Waals surface area contributed by atoms with Crippen molar-refractivity contribution in [3.8, 4) is 0 Å². The van der Waals surface area contributed by atoms with Crippen LogP contribution in [0.1, 0.15) is 40.7 Å². The normalized spacial score (nSPS) is 24.5. The largest absolute Gasteiger partial charge is 0.455 e. The van der Waals surface area contributed by atoms with Crippen molar-refractivity contribution in [2.45, 2.75) is 33.1 Å². The molecule has 2 aromatic carbocycles. The lowest BCUT2D eigenvalue weighted by atomic mass is 9.75. The summed E-state index contributed by atoms with van der Waals surface area (Å²) in [5.41, 5.74) is 3.42. The van der Waals surface area contributed by atoms with Crippen LogP contribution in [0, 0.1) is 37.5 Å². The first-order valence-corrected chi connectivity index (χ1v) is 10.6. The molecule has 2 bridgehead atoms. The number of fused-ring (bicyclic) bond motifs is 2. The molecule has 0 aromatic heterocycles. The van der Waals surface area contributed by atoms with E-state index in [9.17, 15) is 14.4 Å². The summed E-state index contributed by atoms with van der Waals surface area (Å²) in [6.45, 7) is 3.58. The van der Waals surface area contributed by atoms with Gasteiger partial charge in [0.25, 0.3) is 5.91 Å². The number of Topliss-reactive ketones (excluding diaryl/α,β-unsaturated/α-hetero) is 1. The molecule has 5 nitrogen and oxygen atoms in total. The lowest BCUT2D eigenvalue weighted by Gasteiger charge is -2.28. The number of carbonyl (C=O) groups excluding carboxylic acids is 3. The van der Waals surface area contributed by atoms with Crippen molar-refractivity contribution < 1.29 is 19.1 Å². The van der Waals surface area contributed by atoms with Crippen molar-refractivity contribution in [1.29, 1.82) is 0 Å². The molecule has 2 aliphatic rings. The van der Waals surface area contributed by atoms with Gasteiger partial charge in [-0.05, 0) is 68.2 Å². The number of ether oxygens (including phenoxy) is 1. The third kappa shape index (κ3) is 4.16. The van der Waals surface area contributed by atoms with Crippen LogP contribution in [0.15, 0.2) is 48.5 Å². The van der Waals surface area contributed by atoms with Gasteiger partial charge in [-0.1, -0.05) is 36.4 Å². The summed E-state index contributed by atoms with van der Waals surface area (Å²) in [6, 6.07) is 14.9. The highest BCUT2D eigenvalue weighted by atomic mass is 16.5. The molecule has 4 atom stereocenters. The molecule has 4 rings (SSSR count). The van der Waals surface area contributed by atoms with Crippen LogP contribution in [0.25, 0.3) is 0 Å². The number of hydrogen-bond donors (Lipinski definition) is 1. The molecule has 2 aliphatic carbocycles. The van der Waals surface area contributed by atoms with Gasteiger partial charge in [0, 0.05) is 17.2 Å². The van der Waals surface area contributed by atoms with Gasteiger partial charge in [-0.3, -0.25) is 14.4 Å².